The van der Waals surface area contributed by atoms with Crippen molar-refractivity contribution < 1.29 is 128 Å². The van der Waals surface area contributed by atoms with Crippen LogP contribution < -0.4 is 0 Å². The summed E-state index contributed by atoms with van der Waals surface area (Å²) in [6, 6.07) is 0. The summed E-state index contributed by atoms with van der Waals surface area (Å²) in [5, 5.41) is 149. The second kappa shape index (κ2) is 21.6. The van der Waals surface area contributed by atoms with Gasteiger partial charge in [-0.3, -0.25) is 0 Å². The fourth-order valence-corrected chi connectivity index (χ4v) is 7.66. The lowest BCUT2D eigenvalue weighted by atomic mass is 9.95. The van der Waals surface area contributed by atoms with Gasteiger partial charge in [0.15, 0.2) is 31.5 Å². The molecule has 5 aliphatic heterocycles. The fourth-order valence-electron chi connectivity index (χ4n) is 7.66. The Bertz CT molecular complexity index is 1250. The van der Waals surface area contributed by atoms with Crippen LogP contribution in [-0.2, 0) is 56.8 Å². The first-order chi connectivity index (χ1) is 28.1. The predicted octanol–water partition coefficient (Wildman–Crippen LogP) is -9.96. The van der Waals surface area contributed by atoms with Gasteiger partial charge in [-0.1, -0.05) is 0 Å². The summed E-state index contributed by atoms with van der Waals surface area (Å²) in [5.74, 6) is 0. The van der Waals surface area contributed by atoms with Crippen molar-refractivity contribution in [1.29, 1.82) is 0 Å². The van der Waals surface area contributed by atoms with Crippen molar-refractivity contribution in [3.05, 3.63) is 0 Å². The van der Waals surface area contributed by atoms with Crippen LogP contribution in [0.25, 0.3) is 0 Å². The van der Waals surface area contributed by atoms with Gasteiger partial charge >= 0.3 is 0 Å². The van der Waals surface area contributed by atoms with E-state index in [4.69, 9.17) is 56.8 Å². The molecule has 0 radical (unpaired) electrons. The molecule has 0 aromatic carbocycles. The molecule has 0 spiro atoms. The van der Waals surface area contributed by atoms with Crippen LogP contribution in [0.5, 0.6) is 0 Å². The third-order valence-electron chi connectivity index (χ3n) is 11.0. The lowest BCUT2D eigenvalue weighted by Crippen LogP contribution is -2.67. The van der Waals surface area contributed by atoms with Gasteiger partial charge in [-0.2, -0.15) is 0 Å². The molecule has 0 aromatic heterocycles. The third kappa shape index (κ3) is 10.2. The lowest BCUT2D eigenvalue weighted by molar-refractivity contribution is -0.387. The highest BCUT2D eigenvalue weighted by Gasteiger charge is 2.56. The maximum absolute atomic E-state index is 11.4. The van der Waals surface area contributed by atoms with E-state index in [1.807, 2.05) is 0 Å². The zero-order valence-electron chi connectivity index (χ0n) is 32.1. The van der Waals surface area contributed by atoms with Gasteiger partial charge in [0.1, 0.15) is 122 Å². The lowest BCUT2D eigenvalue weighted by Gasteiger charge is -2.49. The average Bonchev–Trinajstić information content (AvgIpc) is 3.23. The SMILES string of the molecule is CO[C@@H]1OC(CO)[C@H](O[C@@H]2OC(CO[C@@H]3OC(CO)[C@H](O[C@@H]4OC(CO)[C@H](OC)[C@H](O)C4O)[C@H](O)C3O)[C@H](O[C@@H]3OC(CO)[C@H](OC)[C@H](O)C3O)[C@H](O)C2O)[C@H](O)C1O. The van der Waals surface area contributed by atoms with E-state index in [9.17, 15) is 71.5 Å². The Labute approximate surface area is 336 Å². The van der Waals surface area contributed by atoms with Crippen LogP contribution in [0.3, 0.4) is 0 Å². The molecule has 5 heterocycles. The van der Waals surface area contributed by atoms with Crippen LogP contribution in [0.4, 0.5) is 0 Å². The number of aliphatic hydroxyl groups is 14. The molecule has 346 valence electrons. The summed E-state index contributed by atoms with van der Waals surface area (Å²) < 4.78 is 66.3. The molecule has 59 heavy (non-hydrogen) atoms. The largest absolute Gasteiger partial charge is 0.394 e. The molecule has 10 unspecified atom stereocenters. The van der Waals surface area contributed by atoms with Gasteiger partial charge in [0, 0.05) is 21.3 Å². The van der Waals surface area contributed by atoms with Crippen LogP contribution in [0.2, 0.25) is 0 Å². The normalized spacial score (nSPS) is 51.1. The minimum atomic E-state index is -2.07. The first kappa shape index (κ1) is 49.0. The van der Waals surface area contributed by atoms with E-state index in [0.717, 1.165) is 0 Å². The van der Waals surface area contributed by atoms with E-state index in [1.54, 1.807) is 0 Å². The first-order valence-electron chi connectivity index (χ1n) is 18.8. The summed E-state index contributed by atoms with van der Waals surface area (Å²) in [5.41, 5.74) is 0. The molecule has 5 aliphatic rings. The van der Waals surface area contributed by atoms with Crippen LogP contribution in [-0.4, -0.2) is 279 Å². The van der Waals surface area contributed by atoms with Gasteiger partial charge in [-0.15, -0.1) is 0 Å². The molecule has 5 saturated heterocycles. The van der Waals surface area contributed by atoms with Gasteiger partial charge in [0.25, 0.3) is 0 Å². The Morgan fingerprint density at radius 1 is 0.322 bits per heavy atom. The van der Waals surface area contributed by atoms with Crippen molar-refractivity contribution in [3.8, 4) is 0 Å². The highest BCUT2D eigenvalue weighted by molar-refractivity contribution is 4.98. The number of ether oxygens (including phenoxy) is 12. The summed E-state index contributed by atoms with van der Waals surface area (Å²) in [7, 11) is 3.57. The molecule has 5 rings (SSSR count). The molecule has 26 nitrogen and oxygen atoms in total. The molecular formula is C33H58O26. The smallest absolute Gasteiger partial charge is 0.187 e. The molecule has 25 atom stereocenters. The van der Waals surface area contributed by atoms with Gasteiger partial charge < -0.3 is 128 Å². The summed E-state index contributed by atoms with van der Waals surface area (Å²) >= 11 is 0. The van der Waals surface area contributed by atoms with Gasteiger partial charge in [0.2, 0.25) is 0 Å². The first-order valence-corrected chi connectivity index (χ1v) is 18.8. The highest BCUT2D eigenvalue weighted by atomic mass is 16.8. The maximum Gasteiger partial charge on any atom is 0.187 e. The monoisotopic (exact) mass is 870 g/mol. The maximum atomic E-state index is 11.4. The summed E-state index contributed by atoms with van der Waals surface area (Å²) in [4.78, 5) is 0. The van der Waals surface area contributed by atoms with E-state index in [-0.39, 0.29) is 0 Å². The number of aliphatic hydroxyl groups excluding tert-OH is 14. The Balaban J connectivity index is 1.35. The van der Waals surface area contributed by atoms with Crippen LogP contribution in [0.15, 0.2) is 0 Å². The number of hydrogen-bond acceptors (Lipinski definition) is 26. The Morgan fingerprint density at radius 2 is 0.593 bits per heavy atom. The molecule has 0 aliphatic carbocycles. The minimum Gasteiger partial charge on any atom is -0.394 e. The summed E-state index contributed by atoms with van der Waals surface area (Å²) in [6.07, 6.45) is -41.8. The molecule has 0 amide bonds. The van der Waals surface area contributed by atoms with E-state index in [2.05, 4.69) is 0 Å². The van der Waals surface area contributed by atoms with Crippen LogP contribution in [0, 0.1) is 0 Å². The van der Waals surface area contributed by atoms with Crippen molar-refractivity contribution in [3.63, 3.8) is 0 Å². The van der Waals surface area contributed by atoms with Crippen molar-refractivity contribution in [1.82, 2.24) is 0 Å². The van der Waals surface area contributed by atoms with Crippen LogP contribution in [0.1, 0.15) is 0 Å². The summed E-state index contributed by atoms with van der Waals surface area (Å²) in [6.45, 7) is -3.88. The Kier molecular flexibility index (Phi) is 17.9. The minimum absolute atomic E-state index is 0.672. The van der Waals surface area contributed by atoms with E-state index >= 15 is 0 Å². The predicted molar refractivity (Wildman–Crippen MR) is 181 cm³/mol. The highest BCUT2D eigenvalue weighted by Crippen LogP contribution is 2.35. The molecule has 0 bridgehead atoms. The van der Waals surface area contributed by atoms with Crippen LogP contribution >= 0.6 is 0 Å². The fraction of sp³-hybridized carbons (Fsp3) is 1.00. The average molecular weight is 871 g/mol. The molecule has 0 aromatic rings. The van der Waals surface area contributed by atoms with Crippen molar-refractivity contribution in [2.45, 2.75) is 154 Å². The second-order valence-corrected chi connectivity index (χ2v) is 14.6. The molecule has 26 heteroatoms. The number of rotatable bonds is 16. The van der Waals surface area contributed by atoms with Crippen molar-refractivity contribution in [2.75, 3.05) is 54.4 Å². The topological polar surface area (TPSA) is 394 Å². The third-order valence-corrected chi connectivity index (χ3v) is 11.0. The zero-order valence-corrected chi connectivity index (χ0v) is 32.1. The number of hydrogen-bond donors (Lipinski definition) is 14. The number of methoxy groups -OCH3 is 3. The van der Waals surface area contributed by atoms with E-state index < -0.39 is 187 Å². The van der Waals surface area contributed by atoms with Crippen molar-refractivity contribution >= 4 is 0 Å². The van der Waals surface area contributed by atoms with Crippen molar-refractivity contribution in [2.24, 2.45) is 0 Å². The molecule has 0 saturated carbocycles. The van der Waals surface area contributed by atoms with E-state index in [0.29, 0.717) is 0 Å². The van der Waals surface area contributed by atoms with Gasteiger partial charge in [-0.25, -0.2) is 0 Å². The quantitative estimate of drug-likeness (QED) is 0.0685. The standard InChI is InChI=1S/C33H58O26/c1-48-24-9(4-34)54-31(21(45)14(24)38)57-27-12(7-37)53-30(20(44)17(27)41)51-8-13-28(59-32-22(46)15(39)25(49-2)10(5-35)55-32)18(42)23(47)33(56-13)58-26-11(6-36)52-29(50-3)19(43)16(26)40/h9-47H,4-8H2,1-3H3/t9?,10?,11?,12?,13?,14-,15-,16-,17-,18-,19?,20?,21?,22?,23?,24+,25+,26+,27+,28+,29-,30-,31+,32+,33+/m1/s1. The van der Waals surface area contributed by atoms with Gasteiger partial charge in [0.05, 0.1) is 33.0 Å². The Morgan fingerprint density at radius 3 is 0.949 bits per heavy atom. The molecule has 14 N–H and O–H groups in total. The second-order valence-electron chi connectivity index (χ2n) is 14.6. The van der Waals surface area contributed by atoms with Gasteiger partial charge in [-0.05, 0) is 0 Å². The zero-order chi connectivity index (χ0) is 43.5. The Hall–Kier alpha value is -1.04. The molecular weight excluding hydrogens is 812 g/mol. The van der Waals surface area contributed by atoms with E-state index in [1.165, 1.54) is 21.3 Å². The molecule has 5 fully saturated rings.